The topological polar surface area (TPSA) is 22.1 Å². The first kappa shape index (κ1) is 12.6. The van der Waals surface area contributed by atoms with E-state index in [2.05, 4.69) is 52.3 Å². The number of thiazole rings is 1. The van der Waals surface area contributed by atoms with Gasteiger partial charge in [-0.25, -0.2) is 4.98 Å². The zero-order valence-corrected chi connectivity index (χ0v) is 12.5. The van der Waals surface area contributed by atoms with E-state index < -0.39 is 0 Å². The van der Waals surface area contributed by atoms with Crippen LogP contribution in [0.5, 0.6) is 5.75 Å². The summed E-state index contributed by atoms with van der Waals surface area (Å²) in [6.45, 7) is 4.15. The molecule has 0 atom stereocenters. The number of ether oxygens (including phenoxy) is 1. The van der Waals surface area contributed by atoms with Gasteiger partial charge in [0.1, 0.15) is 10.8 Å². The van der Waals surface area contributed by atoms with Gasteiger partial charge in [0.25, 0.3) is 0 Å². The fourth-order valence-corrected chi connectivity index (χ4v) is 3.07. The Bertz CT molecular complexity index is 536. The van der Waals surface area contributed by atoms with Crippen LogP contribution in [0.2, 0.25) is 0 Å². The van der Waals surface area contributed by atoms with Crippen LogP contribution in [0.15, 0.2) is 17.5 Å². The third kappa shape index (κ3) is 2.53. The lowest BCUT2D eigenvalue weighted by molar-refractivity contribution is 0.413. The summed E-state index contributed by atoms with van der Waals surface area (Å²) in [7, 11) is 1.71. The minimum absolute atomic E-state index is 0.796. The lowest BCUT2D eigenvalue weighted by atomic mass is 10.0. The molecular weight excluding hydrogens is 298 g/mol. The Labute approximate surface area is 114 Å². The molecule has 2 nitrogen and oxygen atoms in total. The molecule has 0 saturated carbocycles. The molecule has 0 unspecified atom stereocenters. The predicted molar refractivity (Wildman–Crippen MR) is 76.2 cm³/mol. The summed E-state index contributed by atoms with van der Waals surface area (Å²) in [6.07, 6.45) is 0. The lowest BCUT2D eigenvalue weighted by Crippen LogP contribution is -1.93. The summed E-state index contributed by atoms with van der Waals surface area (Å²) in [5.74, 6) is 0.919. The van der Waals surface area contributed by atoms with Crippen LogP contribution < -0.4 is 4.74 Å². The van der Waals surface area contributed by atoms with Crippen molar-refractivity contribution in [3.63, 3.8) is 0 Å². The molecule has 0 saturated heterocycles. The number of hydrogen-bond acceptors (Lipinski definition) is 3. The van der Waals surface area contributed by atoms with Crippen LogP contribution in [0.25, 0.3) is 11.3 Å². The standard InChI is InChI=1S/C13H14BrNOS/c1-8-4-9(2)13(16-3)10(5-8)11-7-17-12(6-14)15-11/h4-5,7H,6H2,1-3H3. The molecule has 0 fully saturated rings. The van der Waals surface area contributed by atoms with E-state index in [0.29, 0.717) is 0 Å². The van der Waals surface area contributed by atoms with Gasteiger partial charge in [-0.15, -0.1) is 11.3 Å². The molecule has 0 aliphatic carbocycles. The van der Waals surface area contributed by atoms with E-state index in [4.69, 9.17) is 4.74 Å². The van der Waals surface area contributed by atoms with Gasteiger partial charge in [0, 0.05) is 10.9 Å². The van der Waals surface area contributed by atoms with E-state index in [-0.39, 0.29) is 0 Å². The fraction of sp³-hybridized carbons (Fsp3) is 0.308. The van der Waals surface area contributed by atoms with Gasteiger partial charge in [0.05, 0.1) is 18.1 Å². The van der Waals surface area contributed by atoms with Crippen molar-refractivity contribution < 1.29 is 4.74 Å². The monoisotopic (exact) mass is 311 g/mol. The third-order valence-corrected chi connectivity index (χ3v) is 4.32. The van der Waals surface area contributed by atoms with E-state index in [1.54, 1.807) is 18.4 Å². The first-order valence-electron chi connectivity index (χ1n) is 5.31. The van der Waals surface area contributed by atoms with Crippen molar-refractivity contribution in [3.8, 4) is 17.0 Å². The Morgan fingerprint density at radius 2 is 2.12 bits per heavy atom. The number of hydrogen-bond donors (Lipinski definition) is 0. The van der Waals surface area contributed by atoms with Crippen molar-refractivity contribution in [2.45, 2.75) is 19.2 Å². The number of methoxy groups -OCH3 is 1. The van der Waals surface area contributed by atoms with Gasteiger partial charge in [-0.05, 0) is 31.0 Å². The summed E-state index contributed by atoms with van der Waals surface area (Å²) >= 11 is 5.09. The normalized spacial score (nSPS) is 10.6. The molecule has 2 rings (SSSR count). The van der Waals surface area contributed by atoms with Gasteiger partial charge in [-0.3, -0.25) is 0 Å². The quantitative estimate of drug-likeness (QED) is 0.787. The number of halogens is 1. The largest absolute Gasteiger partial charge is 0.496 e. The summed E-state index contributed by atoms with van der Waals surface area (Å²) in [5.41, 5.74) is 4.45. The SMILES string of the molecule is COc1c(C)cc(C)cc1-c1csc(CBr)n1. The number of aryl methyl sites for hydroxylation is 2. The van der Waals surface area contributed by atoms with E-state index >= 15 is 0 Å². The molecule has 4 heteroatoms. The Morgan fingerprint density at radius 1 is 1.35 bits per heavy atom. The number of rotatable bonds is 3. The van der Waals surface area contributed by atoms with Crippen LogP contribution in [0.3, 0.4) is 0 Å². The molecule has 17 heavy (non-hydrogen) atoms. The van der Waals surface area contributed by atoms with Gasteiger partial charge in [0.2, 0.25) is 0 Å². The highest BCUT2D eigenvalue weighted by Gasteiger charge is 2.12. The molecule has 1 aromatic carbocycles. The molecule has 0 N–H and O–H groups in total. The second-order valence-electron chi connectivity index (χ2n) is 3.92. The van der Waals surface area contributed by atoms with Crippen LogP contribution in [0.1, 0.15) is 16.1 Å². The van der Waals surface area contributed by atoms with Crippen molar-refractivity contribution in [3.05, 3.63) is 33.6 Å². The van der Waals surface area contributed by atoms with Gasteiger partial charge < -0.3 is 4.74 Å². The molecule has 1 heterocycles. The highest BCUT2D eigenvalue weighted by Crippen LogP contribution is 2.34. The van der Waals surface area contributed by atoms with Crippen LogP contribution >= 0.6 is 27.3 Å². The summed E-state index contributed by atoms with van der Waals surface area (Å²) in [5, 5.41) is 3.96. The summed E-state index contributed by atoms with van der Waals surface area (Å²) in [6, 6.07) is 4.25. The molecule has 0 amide bonds. The van der Waals surface area contributed by atoms with Gasteiger partial charge in [-0.2, -0.15) is 0 Å². The van der Waals surface area contributed by atoms with Crippen LogP contribution in [-0.2, 0) is 5.33 Å². The number of nitrogens with zero attached hydrogens (tertiary/aromatic N) is 1. The Morgan fingerprint density at radius 3 is 2.71 bits per heavy atom. The molecule has 1 aromatic heterocycles. The molecule has 0 spiro atoms. The molecular formula is C13H14BrNOS. The minimum Gasteiger partial charge on any atom is -0.496 e. The minimum atomic E-state index is 0.796. The van der Waals surface area contributed by atoms with E-state index in [0.717, 1.165) is 32.9 Å². The van der Waals surface area contributed by atoms with Crippen LogP contribution in [0, 0.1) is 13.8 Å². The zero-order valence-electron chi connectivity index (χ0n) is 10.1. The molecule has 2 aromatic rings. The first-order valence-corrected chi connectivity index (χ1v) is 7.31. The first-order chi connectivity index (χ1) is 8.15. The highest BCUT2D eigenvalue weighted by atomic mass is 79.9. The van der Waals surface area contributed by atoms with Crippen LogP contribution in [-0.4, -0.2) is 12.1 Å². The Hall–Kier alpha value is -0.870. The summed E-state index contributed by atoms with van der Waals surface area (Å²) < 4.78 is 5.48. The second kappa shape index (κ2) is 5.19. The van der Waals surface area contributed by atoms with Gasteiger partial charge in [0.15, 0.2) is 0 Å². The molecule has 0 bridgehead atoms. The maximum absolute atomic E-state index is 5.48. The zero-order chi connectivity index (χ0) is 12.4. The molecule has 0 aliphatic rings. The second-order valence-corrected chi connectivity index (χ2v) is 5.43. The van der Waals surface area contributed by atoms with Gasteiger partial charge in [-0.1, -0.05) is 22.0 Å². The maximum atomic E-state index is 5.48. The van der Waals surface area contributed by atoms with Gasteiger partial charge >= 0.3 is 0 Å². The van der Waals surface area contributed by atoms with Crippen molar-refractivity contribution >= 4 is 27.3 Å². The number of aromatic nitrogens is 1. The van der Waals surface area contributed by atoms with Crippen molar-refractivity contribution in [2.24, 2.45) is 0 Å². The maximum Gasteiger partial charge on any atom is 0.131 e. The van der Waals surface area contributed by atoms with Crippen molar-refractivity contribution in [1.82, 2.24) is 4.98 Å². The summed E-state index contributed by atoms with van der Waals surface area (Å²) in [4.78, 5) is 4.58. The molecule has 90 valence electrons. The molecule has 0 aliphatic heterocycles. The lowest BCUT2D eigenvalue weighted by Gasteiger charge is -2.11. The predicted octanol–water partition coefficient (Wildman–Crippen LogP) is 4.33. The average Bonchev–Trinajstić information content (AvgIpc) is 2.76. The molecule has 0 radical (unpaired) electrons. The third-order valence-electron chi connectivity index (χ3n) is 2.57. The Balaban J connectivity index is 2.57. The van der Waals surface area contributed by atoms with E-state index in [1.165, 1.54) is 5.56 Å². The van der Waals surface area contributed by atoms with Crippen LogP contribution in [0.4, 0.5) is 0 Å². The number of alkyl halides is 1. The van der Waals surface area contributed by atoms with E-state index in [1.807, 2.05) is 0 Å². The van der Waals surface area contributed by atoms with Crippen molar-refractivity contribution in [1.29, 1.82) is 0 Å². The fourth-order valence-electron chi connectivity index (χ4n) is 1.91. The smallest absolute Gasteiger partial charge is 0.131 e. The Kier molecular flexibility index (Phi) is 3.84. The average molecular weight is 312 g/mol. The van der Waals surface area contributed by atoms with Crippen molar-refractivity contribution in [2.75, 3.05) is 7.11 Å². The number of benzene rings is 1. The van der Waals surface area contributed by atoms with E-state index in [9.17, 15) is 0 Å². The highest BCUT2D eigenvalue weighted by molar-refractivity contribution is 9.08.